The van der Waals surface area contributed by atoms with E-state index in [-0.39, 0.29) is 24.0 Å². The normalized spacial score (nSPS) is 10.8. The highest BCUT2D eigenvalue weighted by molar-refractivity contribution is 14.0. The second kappa shape index (κ2) is 14.7. The molecule has 0 spiro atoms. The van der Waals surface area contributed by atoms with Gasteiger partial charge in [0.2, 0.25) is 0 Å². The molecule has 0 bridgehead atoms. The summed E-state index contributed by atoms with van der Waals surface area (Å²) in [7, 11) is 8.85. The average molecular weight is 542 g/mol. The minimum absolute atomic E-state index is 0. The van der Waals surface area contributed by atoms with E-state index in [9.17, 15) is 0 Å². The lowest BCUT2D eigenvalue weighted by molar-refractivity contribution is 0.211. The minimum atomic E-state index is 0. The van der Waals surface area contributed by atoms with Gasteiger partial charge in [0.15, 0.2) is 17.5 Å². The van der Waals surface area contributed by atoms with Crippen LogP contribution in [0.5, 0.6) is 11.5 Å². The minimum Gasteiger partial charge on any atom is -0.493 e. The maximum absolute atomic E-state index is 5.39. The van der Waals surface area contributed by atoms with Crippen molar-refractivity contribution >= 4 is 35.6 Å². The van der Waals surface area contributed by atoms with Gasteiger partial charge in [0.25, 0.3) is 0 Å². The van der Waals surface area contributed by atoms with E-state index in [4.69, 9.17) is 14.2 Å². The van der Waals surface area contributed by atoms with Crippen LogP contribution >= 0.6 is 24.0 Å². The lowest BCUT2D eigenvalue weighted by atomic mass is 10.1. The first kappa shape index (κ1) is 26.8. The second-order valence-electron chi connectivity index (χ2n) is 6.88. The van der Waals surface area contributed by atoms with Crippen LogP contribution in [0.25, 0.3) is 0 Å². The lowest BCUT2D eigenvalue weighted by Gasteiger charge is -2.22. The number of rotatable bonds is 11. The summed E-state index contributed by atoms with van der Waals surface area (Å²) < 4.78 is 15.7. The molecule has 2 aromatic carbocycles. The van der Waals surface area contributed by atoms with Gasteiger partial charge in [0.05, 0.1) is 20.8 Å². The van der Waals surface area contributed by atoms with E-state index in [0.717, 1.165) is 42.7 Å². The first-order valence-corrected chi connectivity index (χ1v) is 10.1. The topological polar surface area (TPSA) is 67.4 Å². The smallest absolute Gasteiger partial charge is 0.193 e. The zero-order chi connectivity index (χ0) is 21.8. The Morgan fingerprint density at radius 1 is 0.968 bits per heavy atom. The molecule has 7 nitrogen and oxygen atoms in total. The number of likely N-dealkylation sites (N-methyl/N-ethyl adjacent to an activating group) is 1. The van der Waals surface area contributed by atoms with Crippen molar-refractivity contribution in [1.82, 2.24) is 10.2 Å². The Bertz CT molecular complexity index is 800. The number of anilines is 1. The number of halogens is 1. The third-order valence-electron chi connectivity index (χ3n) is 4.80. The molecule has 2 rings (SSSR count). The molecule has 0 unspecified atom stereocenters. The summed E-state index contributed by atoms with van der Waals surface area (Å²) >= 11 is 0. The monoisotopic (exact) mass is 542 g/mol. The highest BCUT2D eigenvalue weighted by Gasteiger charge is 2.08. The quantitative estimate of drug-likeness (QED) is 0.196. The molecule has 2 aromatic rings. The molecule has 0 radical (unpaired) electrons. The highest BCUT2D eigenvalue weighted by atomic mass is 127. The van der Waals surface area contributed by atoms with Crippen molar-refractivity contribution < 1.29 is 14.2 Å². The van der Waals surface area contributed by atoms with Crippen molar-refractivity contribution in [3.8, 4) is 11.5 Å². The Morgan fingerprint density at radius 2 is 1.65 bits per heavy atom. The number of ether oxygens (including phenoxy) is 3. The zero-order valence-corrected chi connectivity index (χ0v) is 21.4. The number of aliphatic imine (C=N–C) groups is 1. The number of hydrogen-bond donors (Lipinski definition) is 2. The maximum atomic E-state index is 5.39. The van der Waals surface area contributed by atoms with Crippen LogP contribution < -0.4 is 20.1 Å². The van der Waals surface area contributed by atoms with E-state index in [1.807, 2.05) is 19.2 Å². The molecule has 0 fully saturated rings. The molecule has 0 saturated heterocycles. The van der Waals surface area contributed by atoms with E-state index >= 15 is 0 Å². The number of guanidine groups is 1. The van der Waals surface area contributed by atoms with Crippen LogP contribution in [0, 0.1) is 0 Å². The van der Waals surface area contributed by atoms with Crippen LogP contribution in [0.4, 0.5) is 5.69 Å². The first-order valence-electron chi connectivity index (χ1n) is 10.1. The van der Waals surface area contributed by atoms with Crippen molar-refractivity contribution in [2.24, 2.45) is 4.99 Å². The van der Waals surface area contributed by atoms with Crippen molar-refractivity contribution in [2.75, 3.05) is 60.4 Å². The van der Waals surface area contributed by atoms with Crippen LogP contribution in [0.1, 0.15) is 11.1 Å². The van der Waals surface area contributed by atoms with Gasteiger partial charge in [-0.25, -0.2) is 0 Å². The van der Waals surface area contributed by atoms with E-state index in [1.54, 1.807) is 28.4 Å². The van der Waals surface area contributed by atoms with Crippen LogP contribution in [0.15, 0.2) is 47.5 Å². The summed E-state index contributed by atoms with van der Waals surface area (Å²) in [5.41, 5.74) is 3.47. The van der Waals surface area contributed by atoms with E-state index < -0.39 is 0 Å². The van der Waals surface area contributed by atoms with Crippen LogP contribution in [-0.2, 0) is 17.7 Å². The van der Waals surface area contributed by atoms with Gasteiger partial charge >= 0.3 is 0 Å². The lowest BCUT2D eigenvalue weighted by Crippen LogP contribution is -2.39. The summed E-state index contributed by atoms with van der Waals surface area (Å²) in [4.78, 5) is 6.53. The Labute approximate surface area is 203 Å². The summed E-state index contributed by atoms with van der Waals surface area (Å²) in [6.45, 7) is 3.03. The Morgan fingerprint density at radius 3 is 2.26 bits per heavy atom. The van der Waals surface area contributed by atoms with E-state index in [0.29, 0.717) is 13.2 Å². The van der Waals surface area contributed by atoms with Crippen molar-refractivity contribution in [1.29, 1.82) is 0 Å². The molecule has 172 valence electrons. The highest BCUT2D eigenvalue weighted by Crippen LogP contribution is 2.27. The van der Waals surface area contributed by atoms with Gasteiger partial charge in [-0.2, -0.15) is 0 Å². The van der Waals surface area contributed by atoms with Crippen molar-refractivity contribution in [3.63, 3.8) is 0 Å². The fraction of sp³-hybridized carbons (Fsp3) is 0.435. The first-order chi connectivity index (χ1) is 14.6. The predicted octanol–water partition coefficient (Wildman–Crippen LogP) is 3.63. The molecule has 0 aliphatic carbocycles. The molecule has 0 aliphatic rings. The van der Waals surface area contributed by atoms with Crippen molar-refractivity contribution in [3.05, 3.63) is 53.6 Å². The number of methoxy groups -OCH3 is 3. The summed E-state index contributed by atoms with van der Waals surface area (Å²) in [6, 6.07) is 14.4. The van der Waals surface area contributed by atoms with Gasteiger partial charge < -0.3 is 29.7 Å². The third-order valence-corrected chi connectivity index (χ3v) is 4.80. The summed E-state index contributed by atoms with van der Waals surface area (Å²) in [5, 5.41) is 6.75. The number of hydrogen-bond acceptors (Lipinski definition) is 5. The molecular weight excluding hydrogens is 507 g/mol. The van der Waals surface area contributed by atoms with Gasteiger partial charge in [0, 0.05) is 46.5 Å². The maximum Gasteiger partial charge on any atom is 0.193 e. The van der Waals surface area contributed by atoms with Gasteiger partial charge in [0.1, 0.15) is 0 Å². The third kappa shape index (κ3) is 8.82. The van der Waals surface area contributed by atoms with Gasteiger partial charge in [-0.3, -0.25) is 4.99 Å². The van der Waals surface area contributed by atoms with Crippen LogP contribution in [0.3, 0.4) is 0 Å². The molecule has 8 heteroatoms. The molecule has 0 atom stereocenters. The number of nitrogens with one attached hydrogen (secondary N) is 2. The molecule has 0 aromatic heterocycles. The largest absolute Gasteiger partial charge is 0.493 e. The second-order valence-corrected chi connectivity index (χ2v) is 6.88. The summed E-state index contributed by atoms with van der Waals surface area (Å²) in [6.07, 6.45) is 0.874. The molecule has 0 aliphatic heterocycles. The molecule has 31 heavy (non-hydrogen) atoms. The van der Waals surface area contributed by atoms with Gasteiger partial charge in [-0.05, 0) is 41.8 Å². The molecule has 0 saturated carbocycles. The standard InChI is InChI=1S/C23H34N4O3.HI/c1-24-23(26-17-19-6-9-20(10-7-19)25-13-15-28-3)27(2)14-12-18-8-11-21(29-4)22(16-18)30-5;/h6-11,16,25H,12-15,17H2,1-5H3,(H,24,26);1H. The molecular formula is C23H35IN4O3. The fourth-order valence-corrected chi connectivity index (χ4v) is 3.04. The van der Waals surface area contributed by atoms with Crippen molar-refractivity contribution in [2.45, 2.75) is 13.0 Å². The average Bonchev–Trinajstić information content (AvgIpc) is 2.79. The van der Waals surface area contributed by atoms with Gasteiger partial charge in [-0.15, -0.1) is 24.0 Å². The Kier molecular flexibility index (Phi) is 12.8. The molecule has 0 amide bonds. The molecule has 2 N–H and O–H groups in total. The zero-order valence-electron chi connectivity index (χ0n) is 19.1. The van der Waals surface area contributed by atoms with E-state index in [2.05, 4.69) is 50.9 Å². The Balaban J connectivity index is 0.00000480. The van der Waals surface area contributed by atoms with Crippen LogP contribution in [0.2, 0.25) is 0 Å². The number of nitrogens with zero attached hydrogens (tertiary/aromatic N) is 2. The van der Waals surface area contributed by atoms with Gasteiger partial charge in [-0.1, -0.05) is 18.2 Å². The van der Waals surface area contributed by atoms with Crippen LogP contribution in [-0.4, -0.2) is 66.0 Å². The predicted molar refractivity (Wildman–Crippen MR) is 138 cm³/mol. The number of benzene rings is 2. The summed E-state index contributed by atoms with van der Waals surface area (Å²) in [5.74, 6) is 2.35. The fourth-order valence-electron chi connectivity index (χ4n) is 3.04. The molecule has 0 heterocycles. The van der Waals surface area contributed by atoms with E-state index in [1.165, 1.54) is 11.1 Å². The SMILES string of the molecule is CN=C(NCc1ccc(NCCOC)cc1)N(C)CCc1ccc(OC)c(OC)c1.I. The Hall–Kier alpha value is -2.20.